The van der Waals surface area contributed by atoms with Gasteiger partial charge in [-0.25, -0.2) is 0 Å². The zero-order chi connectivity index (χ0) is 10.9. The van der Waals surface area contributed by atoms with Crippen molar-refractivity contribution in [2.45, 2.75) is 19.2 Å². The summed E-state index contributed by atoms with van der Waals surface area (Å²) < 4.78 is 10.8. The van der Waals surface area contributed by atoms with Crippen molar-refractivity contribution >= 4 is 11.6 Å². The van der Waals surface area contributed by atoms with Gasteiger partial charge in [0.25, 0.3) is 0 Å². The summed E-state index contributed by atoms with van der Waals surface area (Å²) in [4.78, 5) is 0. The number of halogens is 1. The van der Waals surface area contributed by atoms with Gasteiger partial charge in [0, 0.05) is 12.5 Å². The summed E-state index contributed by atoms with van der Waals surface area (Å²) in [6, 6.07) is 7.79. The van der Waals surface area contributed by atoms with E-state index >= 15 is 0 Å². The van der Waals surface area contributed by atoms with Crippen molar-refractivity contribution in [3.05, 3.63) is 29.8 Å². The minimum Gasteiger partial charge on any atom is -0.491 e. The van der Waals surface area contributed by atoms with Crippen molar-refractivity contribution in [3.8, 4) is 5.75 Å². The molecule has 0 aliphatic rings. The number of alkyl halides is 1. The second-order valence-electron chi connectivity index (χ2n) is 3.24. The van der Waals surface area contributed by atoms with Gasteiger partial charge in [-0.05, 0) is 24.1 Å². The van der Waals surface area contributed by atoms with Gasteiger partial charge in [-0.2, -0.15) is 0 Å². The predicted molar refractivity (Wildman–Crippen MR) is 62.6 cm³/mol. The molecular weight excluding hydrogens is 212 g/mol. The van der Waals surface area contributed by atoms with Crippen LogP contribution in [0.2, 0.25) is 0 Å². The van der Waals surface area contributed by atoms with E-state index in [0.717, 1.165) is 24.3 Å². The standard InChI is InChI=1S/C12H17ClO2/c1-2-7-14-8-9-15-12-5-3-11(10-13)4-6-12/h3-6H,2,7-10H2,1H3. The average Bonchev–Trinajstić information content (AvgIpc) is 2.30. The normalized spacial score (nSPS) is 10.3. The van der Waals surface area contributed by atoms with Gasteiger partial charge in [0.1, 0.15) is 12.4 Å². The molecular formula is C12H17ClO2. The van der Waals surface area contributed by atoms with Crippen LogP contribution < -0.4 is 4.74 Å². The highest BCUT2D eigenvalue weighted by molar-refractivity contribution is 6.17. The van der Waals surface area contributed by atoms with Gasteiger partial charge < -0.3 is 9.47 Å². The molecule has 0 unspecified atom stereocenters. The fourth-order valence-corrected chi connectivity index (χ4v) is 1.32. The van der Waals surface area contributed by atoms with Gasteiger partial charge in [-0.3, -0.25) is 0 Å². The zero-order valence-electron chi connectivity index (χ0n) is 9.04. The van der Waals surface area contributed by atoms with Crippen LogP contribution in [0.25, 0.3) is 0 Å². The molecule has 0 fully saturated rings. The molecule has 2 nitrogen and oxygen atoms in total. The van der Waals surface area contributed by atoms with Crippen molar-refractivity contribution in [2.24, 2.45) is 0 Å². The Morgan fingerprint density at radius 1 is 1.07 bits per heavy atom. The molecule has 84 valence electrons. The molecule has 0 saturated carbocycles. The van der Waals surface area contributed by atoms with Crippen LogP contribution >= 0.6 is 11.6 Å². The van der Waals surface area contributed by atoms with E-state index in [2.05, 4.69) is 6.92 Å². The molecule has 1 aromatic carbocycles. The smallest absolute Gasteiger partial charge is 0.119 e. The van der Waals surface area contributed by atoms with Crippen molar-refractivity contribution in [2.75, 3.05) is 19.8 Å². The van der Waals surface area contributed by atoms with E-state index < -0.39 is 0 Å². The first kappa shape index (κ1) is 12.3. The molecule has 15 heavy (non-hydrogen) atoms. The Morgan fingerprint density at radius 2 is 1.80 bits per heavy atom. The highest BCUT2D eigenvalue weighted by Gasteiger charge is 1.94. The van der Waals surface area contributed by atoms with Crippen molar-refractivity contribution in [1.82, 2.24) is 0 Å². The number of benzene rings is 1. The van der Waals surface area contributed by atoms with Crippen LogP contribution in [-0.4, -0.2) is 19.8 Å². The number of hydrogen-bond acceptors (Lipinski definition) is 2. The van der Waals surface area contributed by atoms with E-state index in [1.165, 1.54) is 0 Å². The maximum Gasteiger partial charge on any atom is 0.119 e. The molecule has 0 aromatic heterocycles. The monoisotopic (exact) mass is 228 g/mol. The maximum atomic E-state index is 5.68. The number of ether oxygens (including phenoxy) is 2. The summed E-state index contributed by atoms with van der Waals surface area (Å²) in [7, 11) is 0. The maximum absolute atomic E-state index is 5.68. The molecule has 3 heteroatoms. The Balaban J connectivity index is 2.20. The summed E-state index contributed by atoms with van der Waals surface area (Å²) >= 11 is 5.68. The van der Waals surface area contributed by atoms with Crippen LogP contribution in [0.15, 0.2) is 24.3 Å². The van der Waals surface area contributed by atoms with Gasteiger partial charge in [-0.1, -0.05) is 19.1 Å². The van der Waals surface area contributed by atoms with Gasteiger partial charge in [0.15, 0.2) is 0 Å². The van der Waals surface area contributed by atoms with Crippen LogP contribution in [0.1, 0.15) is 18.9 Å². The fourth-order valence-electron chi connectivity index (χ4n) is 1.14. The number of hydrogen-bond donors (Lipinski definition) is 0. The first-order valence-electron chi connectivity index (χ1n) is 5.22. The van der Waals surface area contributed by atoms with Gasteiger partial charge >= 0.3 is 0 Å². The predicted octanol–water partition coefficient (Wildman–Crippen LogP) is 3.23. The van der Waals surface area contributed by atoms with E-state index in [1.807, 2.05) is 24.3 Å². The summed E-state index contributed by atoms with van der Waals surface area (Å²) in [5, 5.41) is 0. The van der Waals surface area contributed by atoms with Gasteiger partial charge in [0.05, 0.1) is 6.61 Å². The quantitative estimate of drug-likeness (QED) is 0.527. The zero-order valence-corrected chi connectivity index (χ0v) is 9.80. The Labute approximate surface area is 96.2 Å². The SMILES string of the molecule is CCCOCCOc1ccc(CCl)cc1. The summed E-state index contributed by atoms with van der Waals surface area (Å²) in [5.74, 6) is 1.41. The highest BCUT2D eigenvalue weighted by atomic mass is 35.5. The molecule has 0 heterocycles. The molecule has 0 aliphatic heterocycles. The van der Waals surface area contributed by atoms with Crippen LogP contribution in [0.5, 0.6) is 5.75 Å². The van der Waals surface area contributed by atoms with Crippen LogP contribution in [0.4, 0.5) is 0 Å². The molecule has 0 amide bonds. The van der Waals surface area contributed by atoms with E-state index in [-0.39, 0.29) is 0 Å². The molecule has 0 spiro atoms. The molecule has 1 rings (SSSR count). The second-order valence-corrected chi connectivity index (χ2v) is 3.51. The minimum atomic E-state index is 0.542. The topological polar surface area (TPSA) is 18.5 Å². The van der Waals surface area contributed by atoms with E-state index in [4.69, 9.17) is 21.1 Å². The molecule has 0 bridgehead atoms. The third kappa shape index (κ3) is 5.05. The lowest BCUT2D eigenvalue weighted by Crippen LogP contribution is -2.06. The lowest BCUT2D eigenvalue weighted by Gasteiger charge is -2.06. The molecule has 0 atom stereocenters. The molecule has 0 saturated heterocycles. The summed E-state index contributed by atoms with van der Waals surface area (Å²) in [6.45, 7) is 4.13. The lowest BCUT2D eigenvalue weighted by atomic mass is 10.2. The van der Waals surface area contributed by atoms with Crippen molar-refractivity contribution in [3.63, 3.8) is 0 Å². The van der Waals surface area contributed by atoms with E-state index in [0.29, 0.717) is 19.1 Å². The third-order valence-corrected chi connectivity index (χ3v) is 2.23. The first-order chi connectivity index (χ1) is 7.36. The van der Waals surface area contributed by atoms with Crippen LogP contribution in [-0.2, 0) is 10.6 Å². The largest absolute Gasteiger partial charge is 0.491 e. The highest BCUT2D eigenvalue weighted by Crippen LogP contribution is 2.13. The van der Waals surface area contributed by atoms with Crippen molar-refractivity contribution in [1.29, 1.82) is 0 Å². The second kappa shape index (κ2) is 7.55. The average molecular weight is 229 g/mol. The first-order valence-corrected chi connectivity index (χ1v) is 5.75. The van der Waals surface area contributed by atoms with E-state index in [1.54, 1.807) is 0 Å². The molecule has 1 aromatic rings. The summed E-state index contributed by atoms with van der Waals surface area (Å²) in [6.07, 6.45) is 1.05. The Kier molecular flexibility index (Phi) is 6.21. The lowest BCUT2D eigenvalue weighted by molar-refractivity contribution is 0.101. The van der Waals surface area contributed by atoms with Crippen LogP contribution in [0.3, 0.4) is 0 Å². The van der Waals surface area contributed by atoms with Gasteiger partial charge in [-0.15, -0.1) is 11.6 Å². The third-order valence-electron chi connectivity index (χ3n) is 1.92. The molecule has 0 radical (unpaired) electrons. The van der Waals surface area contributed by atoms with Gasteiger partial charge in [0.2, 0.25) is 0 Å². The number of rotatable bonds is 7. The minimum absolute atomic E-state index is 0.542. The van der Waals surface area contributed by atoms with E-state index in [9.17, 15) is 0 Å². The Bertz CT molecular complexity index is 259. The Morgan fingerprint density at radius 3 is 2.40 bits per heavy atom. The summed E-state index contributed by atoms with van der Waals surface area (Å²) in [5.41, 5.74) is 1.10. The van der Waals surface area contributed by atoms with Crippen LogP contribution in [0, 0.1) is 0 Å². The molecule has 0 N–H and O–H groups in total. The molecule has 0 aliphatic carbocycles. The fraction of sp³-hybridized carbons (Fsp3) is 0.500. The Hall–Kier alpha value is -0.730. The van der Waals surface area contributed by atoms with Crippen molar-refractivity contribution < 1.29 is 9.47 Å².